The number of rotatable bonds is 4. The zero-order chi connectivity index (χ0) is 24.1. The number of hydrogen-bond donors (Lipinski definition) is 1. The number of amides is 1. The first-order valence-electron chi connectivity index (χ1n) is 11.4. The predicted molar refractivity (Wildman–Crippen MR) is 117 cm³/mol. The van der Waals surface area contributed by atoms with E-state index in [0.29, 0.717) is 43.0 Å². The van der Waals surface area contributed by atoms with Crippen molar-refractivity contribution in [3.63, 3.8) is 0 Å². The molecule has 2 aliphatic heterocycles. The highest BCUT2D eigenvalue weighted by Gasteiger charge is 2.42. The van der Waals surface area contributed by atoms with Crippen LogP contribution in [0.15, 0.2) is 29.3 Å². The lowest BCUT2D eigenvalue weighted by atomic mass is 9.77. The monoisotopic (exact) mass is 477 g/mol. The van der Waals surface area contributed by atoms with Gasteiger partial charge in [0.05, 0.1) is 23.9 Å². The third-order valence-electron chi connectivity index (χ3n) is 7.17. The van der Waals surface area contributed by atoms with Gasteiger partial charge in [-0.15, -0.1) is 5.10 Å². The van der Waals surface area contributed by atoms with Crippen molar-refractivity contribution in [2.45, 2.75) is 38.8 Å². The largest absolute Gasteiger partial charge is 0.390 e. The second-order valence-corrected chi connectivity index (χ2v) is 9.35. The fourth-order valence-electron chi connectivity index (χ4n) is 5.13. The van der Waals surface area contributed by atoms with Crippen LogP contribution >= 0.6 is 0 Å². The zero-order valence-corrected chi connectivity index (χ0v) is 18.8. The van der Waals surface area contributed by atoms with Crippen molar-refractivity contribution < 1.29 is 18.0 Å². The Morgan fingerprint density at radius 2 is 1.94 bits per heavy atom. The van der Waals surface area contributed by atoms with Gasteiger partial charge in [-0.3, -0.25) is 14.6 Å². The number of piperidine rings is 1. The number of aromatic nitrogens is 5. The molecule has 0 saturated carbocycles. The van der Waals surface area contributed by atoms with E-state index in [0.717, 1.165) is 19.3 Å². The standard InChI is InChI=1S/C22H26F3N7O2/c1-15-16(13-26-32(15)20-27-18(33)17-3-2-8-31(17)28-20)19(34)30-11-5-21(6-12-30)4-9-29(14-21)10-7-22(23,24)25/h2-3,8,13H,4-7,9-12,14H2,1H3,(H,27,28,33). The molecule has 0 radical (unpaired) electrons. The van der Waals surface area contributed by atoms with E-state index in [2.05, 4.69) is 15.2 Å². The molecule has 182 valence electrons. The maximum absolute atomic E-state index is 13.2. The Bertz CT molecular complexity index is 1270. The van der Waals surface area contributed by atoms with Crippen molar-refractivity contribution in [2.24, 2.45) is 5.41 Å². The quantitative estimate of drug-likeness (QED) is 0.623. The Morgan fingerprint density at radius 1 is 1.21 bits per heavy atom. The summed E-state index contributed by atoms with van der Waals surface area (Å²) in [7, 11) is 0. The molecule has 2 fully saturated rings. The fraction of sp³-hybridized carbons (Fsp3) is 0.545. The van der Waals surface area contributed by atoms with Gasteiger partial charge in [0.2, 0.25) is 5.95 Å². The predicted octanol–water partition coefficient (Wildman–Crippen LogP) is 2.40. The number of nitrogens with one attached hydrogen (secondary N) is 1. The normalized spacial score (nSPS) is 18.9. The van der Waals surface area contributed by atoms with Crippen molar-refractivity contribution >= 4 is 11.4 Å². The van der Waals surface area contributed by atoms with Gasteiger partial charge in [-0.2, -0.15) is 18.3 Å². The van der Waals surface area contributed by atoms with Crippen LogP contribution in [0.25, 0.3) is 11.5 Å². The average Bonchev–Trinajstić information content (AvgIpc) is 3.51. The third kappa shape index (κ3) is 4.22. The van der Waals surface area contributed by atoms with Crippen molar-refractivity contribution in [3.8, 4) is 5.95 Å². The number of aromatic amines is 1. The number of carbonyl (C=O) groups excluding carboxylic acids is 1. The summed E-state index contributed by atoms with van der Waals surface area (Å²) in [4.78, 5) is 31.9. The molecular weight excluding hydrogens is 451 g/mol. The molecule has 0 aromatic carbocycles. The highest BCUT2D eigenvalue weighted by molar-refractivity contribution is 5.95. The lowest BCUT2D eigenvalue weighted by Crippen LogP contribution is -2.44. The van der Waals surface area contributed by atoms with Gasteiger partial charge in [0, 0.05) is 32.4 Å². The molecule has 0 unspecified atom stereocenters. The summed E-state index contributed by atoms with van der Waals surface area (Å²) in [6, 6.07) is 3.37. The average molecular weight is 477 g/mol. The van der Waals surface area contributed by atoms with Crippen LogP contribution in [0.4, 0.5) is 13.2 Å². The number of fused-ring (bicyclic) bond motifs is 1. The molecule has 3 aromatic heterocycles. The highest BCUT2D eigenvalue weighted by Crippen LogP contribution is 2.41. The summed E-state index contributed by atoms with van der Waals surface area (Å²) in [5.74, 6) is 0.0719. The summed E-state index contributed by atoms with van der Waals surface area (Å²) in [6.45, 7) is 4.23. The molecule has 0 bridgehead atoms. The van der Waals surface area contributed by atoms with Crippen molar-refractivity contribution in [3.05, 3.63) is 46.1 Å². The molecule has 2 aliphatic rings. The molecule has 12 heteroatoms. The fourth-order valence-corrected chi connectivity index (χ4v) is 5.13. The second kappa shape index (κ2) is 8.26. The van der Waals surface area contributed by atoms with E-state index in [9.17, 15) is 22.8 Å². The Kier molecular flexibility index (Phi) is 5.50. The van der Waals surface area contributed by atoms with Crippen LogP contribution in [0.1, 0.15) is 41.7 Å². The van der Waals surface area contributed by atoms with Gasteiger partial charge in [-0.1, -0.05) is 0 Å². The number of hydrogen-bond acceptors (Lipinski definition) is 5. The van der Waals surface area contributed by atoms with Crippen molar-refractivity contribution in [1.29, 1.82) is 0 Å². The van der Waals surface area contributed by atoms with Crippen LogP contribution in [-0.2, 0) is 0 Å². The number of halogens is 3. The molecule has 0 aliphatic carbocycles. The molecule has 5 rings (SSSR count). The van der Waals surface area contributed by atoms with Crippen LogP contribution in [-0.4, -0.2) is 79.0 Å². The minimum atomic E-state index is -4.13. The lowest BCUT2D eigenvalue weighted by molar-refractivity contribution is -0.137. The smallest absolute Gasteiger partial charge is 0.338 e. The lowest BCUT2D eigenvalue weighted by Gasteiger charge is -2.39. The van der Waals surface area contributed by atoms with Gasteiger partial charge in [-0.05, 0) is 50.3 Å². The Hall–Kier alpha value is -3.15. The molecule has 1 amide bonds. The van der Waals surface area contributed by atoms with Crippen LogP contribution in [0.3, 0.4) is 0 Å². The van der Waals surface area contributed by atoms with Crippen LogP contribution < -0.4 is 5.56 Å². The topological polar surface area (TPSA) is 91.5 Å². The van der Waals surface area contributed by atoms with Crippen molar-refractivity contribution in [2.75, 3.05) is 32.7 Å². The first-order chi connectivity index (χ1) is 16.1. The van der Waals surface area contributed by atoms with Gasteiger partial charge >= 0.3 is 6.18 Å². The first kappa shape index (κ1) is 22.6. The van der Waals surface area contributed by atoms with E-state index in [1.165, 1.54) is 15.4 Å². The molecule has 3 aromatic rings. The van der Waals surface area contributed by atoms with Gasteiger partial charge in [-0.25, -0.2) is 9.20 Å². The van der Waals surface area contributed by atoms with Crippen molar-refractivity contribution in [1.82, 2.24) is 34.2 Å². The van der Waals surface area contributed by atoms with E-state index in [1.54, 1.807) is 30.2 Å². The third-order valence-corrected chi connectivity index (χ3v) is 7.17. The number of carbonyl (C=O) groups is 1. The Morgan fingerprint density at radius 3 is 2.68 bits per heavy atom. The summed E-state index contributed by atoms with van der Waals surface area (Å²) in [6.07, 6.45) is 0.635. The van der Waals surface area contributed by atoms with Gasteiger partial charge < -0.3 is 9.80 Å². The molecule has 1 spiro atoms. The highest BCUT2D eigenvalue weighted by atomic mass is 19.4. The summed E-state index contributed by atoms with van der Waals surface area (Å²) >= 11 is 0. The number of nitrogens with zero attached hydrogens (tertiary/aromatic N) is 6. The zero-order valence-electron chi connectivity index (χ0n) is 18.8. The number of likely N-dealkylation sites (tertiary alicyclic amines) is 2. The van der Waals surface area contributed by atoms with Crippen LogP contribution in [0.5, 0.6) is 0 Å². The Balaban J connectivity index is 1.25. The van der Waals surface area contributed by atoms with Gasteiger partial charge in [0.25, 0.3) is 11.5 Å². The van der Waals surface area contributed by atoms with E-state index in [-0.39, 0.29) is 29.4 Å². The number of H-pyrrole nitrogens is 1. The molecule has 34 heavy (non-hydrogen) atoms. The summed E-state index contributed by atoms with van der Waals surface area (Å²) < 4.78 is 40.6. The number of alkyl halides is 3. The SMILES string of the molecule is Cc1c(C(=O)N2CCC3(CCN(CCC(F)(F)F)C3)CC2)cnn1-c1nn2cccc2c(=O)[nH]1. The molecule has 5 heterocycles. The van der Waals surface area contributed by atoms with Gasteiger partial charge in [0.15, 0.2) is 0 Å². The Labute approximate surface area is 193 Å². The van der Waals surface area contributed by atoms with E-state index in [1.807, 2.05) is 4.90 Å². The van der Waals surface area contributed by atoms with E-state index < -0.39 is 12.6 Å². The van der Waals surface area contributed by atoms with Crippen LogP contribution in [0, 0.1) is 12.3 Å². The molecule has 0 atom stereocenters. The van der Waals surface area contributed by atoms with Gasteiger partial charge in [0.1, 0.15) is 5.52 Å². The molecule has 9 nitrogen and oxygen atoms in total. The molecule has 2 saturated heterocycles. The van der Waals surface area contributed by atoms with E-state index in [4.69, 9.17) is 0 Å². The maximum Gasteiger partial charge on any atom is 0.390 e. The molecule has 1 N–H and O–H groups in total. The minimum absolute atomic E-state index is 0.0167. The summed E-state index contributed by atoms with van der Waals surface area (Å²) in [5, 5.41) is 8.64. The van der Waals surface area contributed by atoms with E-state index >= 15 is 0 Å². The minimum Gasteiger partial charge on any atom is -0.338 e. The summed E-state index contributed by atoms with van der Waals surface area (Å²) in [5.41, 5.74) is 1.09. The first-order valence-corrected chi connectivity index (χ1v) is 11.4. The second-order valence-electron chi connectivity index (χ2n) is 9.35. The molecular formula is C22H26F3N7O2. The maximum atomic E-state index is 13.2. The van der Waals surface area contributed by atoms with Crippen LogP contribution in [0.2, 0.25) is 0 Å².